The number of piperidine rings is 1. The number of nitrogens with zero attached hydrogens (tertiary/aromatic N) is 1. The Hall–Kier alpha value is -0.120. The number of ether oxygens (including phenoxy) is 1. The maximum atomic E-state index is 9.49. The molecule has 0 spiro atoms. The summed E-state index contributed by atoms with van der Waals surface area (Å²) in [5.74, 6) is 0.770. The van der Waals surface area contributed by atoms with Gasteiger partial charge in [-0.05, 0) is 37.0 Å². The zero-order chi connectivity index (χ0) is 12.3. The van der Waals surface area contributed by atoms with Crippen LogP contribution in [0.5, 0.6) is 0 Å². The molecule has 0 aromatic heterocycles. The van der Waals surface area contributed by atoms with Gasteiger partial charge < -0.3 is 9.84 Å². The number of aliphatic hydroxyl groups excluding tert-OH is 1. The average Bonchev–Trinajstić information content (AvgIpc) is 2.30. The van der Waals surface area contributed by atoms with Gasteiger partial charge in [0.1, 0.15) is 0 Å². The summed E-state index contributed by atoms with van der Waals surface area (Å²) >= 11 is 0. The van der Waals surface area contributed by atoms with Crippen molar-refractivity contribution in [1.82, 2.24) is 4.90 Å². The highest BCUT2D eigenvalue weighted by molar-refractivity contribution is 4.87. The molecule has 0 aromatic rings. The largest absolute Gasteiger partial charge is 0.395 e. The number of hydrogen-bond donors (Lipinski definition) is 1. The maximum absolute atomic E-state index is 9.49. The molecular weight excluding hydrogens is 214 g/mol. The molecule has 2 aliphatic heterocycles. The van der Waals surface area contributed by atoms with E-state index in [9.17, 15) is 5.11 Å². The lowest BCUT2D eigenvalue weighted by atomic mass is 9.80. The molecule has 0 amide bonds. The lowest BCUT2D eigenvalue weighted by molar-refractivity contribution is -0.00150. The Kier molecular flexibility index (Phi) is 4.45. The Morgan fingerprint density at radius 2 is 1.94 bits per heavy atom. The summed E-state index contributed by atoms with van der Waals surface area (Å²) in [6.07, 6.45) is 4.76. The Bertz CT molecular complexity index is 236. The number of rotatable bonds is 3. The predicted molar refractivity (Wildman–Crippen MR) is 69.0 cm³/mol. The fraction of sp³-hybridized carbons (Fsp3) is 1.00. The van der Waals surface area contributed by atoms with Gasteiger partial charge in [0.15, 0.2) is 0 Å². The van der Waals surface area contributed by atoms with E-state index in [2.05, 4.69) is 18.7 Å². The van der Waals surface area contributed by atoms with Crippen molar-refractivity contribution in [3.05, 3.63) is 0 Å². The van der Waals surface area contributed by atoms with E-state index >= 15 is 0 Å². The van der Waals surface area contributed by atoms with Crippen LogP contribution in [0.25, 0.3) is 0 Å². The van der Waals surface area contributed by atoms with E-state index in [0.717, 1.165) is 38.6 Å². The van der Waals surface area contributed by atoms with Crippen LogP contribution in [0.2, 0.25) is 0 Å². The molecule has 2 aliphatic rings. The summed E-state index contributed by atoms with van der Waals surface area (Å²) < 4.78 is 5.42. The third-order valence-corrected chi connectivity index (χ3v) is 4.35. The zero-order valence-corrected chi connectivity index (χ0v) is 11.3. The molecule has 2 heterocycles. The van der Waals surface area contributed by atoms with Gasteiger partial charge in [-0.1, -0.05) is 13.8 Å². The minimum absolute atomic E-state index is 0.319. The Balaban J connectivity index is 1.90. The molecule has 2 saturated heterocycles. The molecule has 0 bridgehead atoms. The topological polar surface area (TPSA) is 32.7 Å². The molecule has 1 unspecified atom stereocenters. The Morgan fingerprint density at radius 3 is 2.59 bits per heavy atom. The standard InChI is InChI=1S/C14H27NO2/c1-14(2)6-3-13(10-16)15(11-14)9-12-4-7-17-8-5-12/h12-13,16H,3-11H2,1-2H3. The van der Waals surface area contributed by atoms with Gasteiger partial charge in [0.25, 0.3) is 0 Å². The van der Waals surface area contributed by atoms with Crippen LogP contribution < -0.4 is 0 Å². The second-order valence-electron chi connectivity index (χ2n) is 6.52. The first-order valence-electron chi connectivity index (χ1n) is 7.03. The lowest BCUT2D eigenvalue weighted by Gasteiger charge is -2.44. The second-order valence-corrected chi connectivity index (χ2v) is 6.52. The molecule has 2 rings (SSSR count). The highest BCUT2D eigenvalue weighted by Crippen LogP contribution is 2.33. The van der Waals surface area contributed by atoms with Crippen molar-refractivity contribution >= 4 is 0 Å². The summed E-state index contributed by atoms with van der Waals surface area (Å²) in [6.45, 7) is 9.14. The monoisotopic (exact) mass is 241 g/mol. The third kappa shape index (κ3) is 3.67. The van der Waals surface area contributed by atoms with Gasteiger partial charge in [-0.2, -0.15) is 0 Å². The minimum Gasteiger partial charge on any atom is -0.395 e. The van der Waals surface area contributed by atoms with Crippen molar-refractivity contribution in [2.24, 2.45) is 11.3 Å². The first-order valence-corrected chi connectivity index (χ1v) is 7.03. The highest BCUT2D eigenvalue weighted by atomic mass is 16.5. The van der Waals surface area contributed by atoms with E-state index < -0.39 is 0 Å². The summed E-state index contributed by atoms with van der Waals surface area (Å²) in [7, 11) is 0. The molecule has 2 fully saturated rings. The molecule has 17 heavy (non-hydrogen) atoms. The fourth-order valence-corrected chi connectivity index (χ4v) is 3.18. The van der Waals surface area contributed by atoms with E-state index in [0.29, 0.717) is 18.1 Å². The van der Waals surface area contributed by atoms with E-state index in [1.807, 2.05) is 0 Å². The van der Waals surface area contributed by atoms with Crippen LogP contribution in [0.1, 0.15) is 39.5 Å². The Labute approximate surface area is 105 Å². The van der Waals surface area contributed by atoms with Crippen molar-refractivity contribution in [3.8, 4) is 0 Å². The number of aliphatic hydroxyl groups is 1. The van der Waals surface area contributed by atoms with Gasteiger partial charge in [0, 0.05) is 32.3 Å². The molecule has 1 atom stereocenters. The summed E-state index contributed by atoms with van der Waals surface area (Å²) in [6, 6.07) is 0.394. The zero-order valence-electron chi connectivity index (χ0n) is 11.3. The van der Waals surface area contributed by atoms with Crippen molar-refractivity contribution in [2.45, 2.75) is 45.6 Å². The molecule has 1 N–H and O–H groups in total. The number of likely N-dealkylation sites (tertiary alicyclic amines) is 1. The van der Waals surface area contributed by atoms with Crippen molar-refractivity contribution < 1.29 is 9.84 Å². The molecule has 100 valence electrons. The SMILES string of the molecule is CC1(C)CCC(CO)N(CC2CCOCC2)C1. The lowest BCUT2D eigenvalue weighted by Crippen LogP contribution is -2.50. The normalized spacial score (nSPS) is 31.6. The molecular formula is C14H27NO2. The van der Waals surface area contributed by atoms with E-state index in [1.54, 1.807) is 0 Å². The van der Waals surface area contributed by atoms with Crippen LogP contribution in [-0.4, -0.2) is 49.0 Å². The van der Waals surface area contributed by atoms with Crippen LogP contribution in [0, 0.1) is 11.3 Å². The van der Waals surface area contributed by atoms with Crippen LogP contribution in [0.15, 0.2) is 0 Å². The Morgan fingerprint density at radius 1 is 1.24 bits per heavy atom. The first-order chi connectivity index (χ1) is 8.11. The highest BCUT2D eigenvalue weighted by Gasteiger charge is 2.33. The van der Waals surface area contributed by atoms with Gasteiger partial charge in [0.2, 0.25) is 0 Å². The molecule has 0 aliphatic carbocycles. The van der Waals surface area contributed by atoms with Crippen LogP contribution >= 0.6 is 0 Å². The van der Waals surface area contributed by atoms with E-state index in [-0.39, 0.29) is 0 Å². The third-order valence-electron chi connectivity index (χ3n) is 4.35. The second kappa shape index (κ2) is 5.68. The summed E-state index contributed by atoms with van der Waals surface area (Å²) in [4.78, 5) is 2.53. The molecule has 0 aromatic carbocycles. The van der Waals surface area contributed by atoms with Crippen molar-refractivity contribution in [1.29, 1.82) is 0 Å². The first kappa shape index (κ1) is 13.3. The molecule has 3 heteroatoms. The quantitative estimate of drug-likeness (QED) is 0.819. The van der Waals surface area contributed by atoms with Gasteiger partial charge in [-0.25, -0.2) is 0 Å². The van der Waals surface area contributed by atoms with Crippen LogP contribution in [0.3, 0.4) is 0 Å². The minimum atomic E-state index is 0.319. The van der Waals surface area contributed by atoms with Crippen LogP contribution in [0.4, 0.5) is 0 Å². The van der Waals surface area contributed by atoms with E-state index in [4.69, 9.17) is 4.74 Å². The maximum Gasteiger partial charge on any atom is 0.0586 e. The van der Waals surface area contributed by atoms with Gasteiger partial charge in [0.05, 0.1) is 6.61 Å². The van der Waals surface area contributed by atoms with Gasteiger partial charge in [-0.3, -0.25) is 4.90 Å². The van der Waals surface area contributed by atoms with Crippen molar-refractivity contribution in [2.75, 3.05) is 32.9 Å². The smallest absolute Gasteiger partial charge is 0.0586 e. The van der Waals surface area contributed by atoms with Crippen LogP contribution in [-0.2, 0) is 4.74 Å². The fourth-order valence-electron chi connectivity index (χ4n) is 3.18. The molecule has 0 saturated carbocycles. The predicted octanol–water partition coefficient (Wildman–Crippen LogP) is 1.90. The number of hydrogen-bond acceptors (Lipinski definition) is 3. The van der Waals surface area contributed by atoms with Gasteiger partial charge >= 0.3 is 0 Å². The summed E-state index contributed by atoms with van der Waals surface area (Å²) in [5.41, 5.74) is 0.414. The van der Waals surface area contributed by atoms with Gasteiger partial charge in [-0.15, -0.1) is 0 Å². The average molecular weight is 241 g/mol. The van der Waals surface area contributed by atoms with E-state index in [1.165, 1.54) is 19.3 Å². The summed E-state index contributed by atoms with van der Waals surface area (Å²) in [5, 5.41) is 9.49. The molecule has 3 nitrogen and oxygen atoms in total. The van der Waals surface area contributed by atoms with Crippen molar-refractivity contribution in [3.63, 3.8) is 0 Å². The molecule has 0 radical (unpaired) electrons.